The first-order valence-corrected chi connectivity index (χ1v) is 6.52. The first kappa shape index (κ1) is 15.0. The van der Waals surface area contributed by atoms with Crippen LogP contribution in [0.4, 0.5) is 0 Å². The molecule has 0 radical (unpaired) electrons. The maximum atomic E-state index is 12.2. The monoisotopic (exact) mass is 291 g/mol. The van der Waals surface area contributed by atoms with Crippen molar-refractivity contribution in [1.29, 1.82) is 0 Å². The molecule has 0 aliphatic heterocycles. The summed E-state index contributed by atoms with van der Waals surface area (Å²) in [5.74, 6) is -0.534. The summed E-state index contributed by atoms with van der Waals surface area (Å²) >= 11 is 0. The van der Waals surface area contributed by atoms with E-state index in [4.69, 9.17) is 4.74 Å². The number of aryl methyl sites for hydroxylation is 2. The van der Waals surface area contributed by atoms with Crippen LogP contribution in [0.5, 0.6) is 0 Å². The van der Waals surface area contributed by atoms with Crippen molar-refractivity contribution in [2.75, 3.05) is 0 Å². The van der Waals surface area contributed by atoms with Gasteiger partial charge in [-0.1, -0.05) is 0 Å². The molecule has 2 aromatic heterocycles. The second kappa shape index (κ2) is 5.16. The summed E-state index contributed by atoms with van der Waals surface area (Å²) in [6.07, 6.45) is -0.268. The summed E-state index contributed by atoms with van der Waals surface area (Å²) in [6.45, 7) is 5.12. The van der Waals surface area contributed by atoms with Crippen molar-refractivity contribution >= 4 is 17.0 Å². The number of pyridine rings is 1. The molecule has 0 unspecified atom stereocenters. The Hall–Kier alpha value is -2.44. The molecule has 0 saturated carbocycles. The molecule has 0 amide bonds. The number of carbonyl (C=O) groups excluding carboxylic acids is 1. The Kier molecular flexibility index (Phi) is 3.67. The van der Waals surface area contributed by atoms with E-state index in [1.807, 2.05) is 0 Å². The fourth-order valence-electron chi connectivity index (χ4n) is 2.07. The van der Waals surface area contributed by atoms with Gasteiger partial charge in [-0.3, -0.25) is 13.9 Å². The van der Waals surface area contributed by atoms with Crippen molar-refractivity contribution in [3.8, 4) is 0 Å². The Bertz CT molecular complexity index is 846. The van der Waals surface area contributed by atoms with Crippen LogP contribution in [0, 0.1) is 6.92 Å². The zero-order valence-corrected chi connectivity index (χ0v) is 12.6. The lowest BCUT2D eigenvalue weighted by Crippen LogP contribution is -2.37. The van der Waals surface area contributed by atoms with E-state index in [1.165, 1.54) is 24.7 Å². The molecule has 7 nitrogen and oxygen atoms in total. The molecule has 0 atom stereocenters. The number of aromatic nitrogens is 3. The van der Waals surface area contributed by atoms with E-state index < -0.39 is 17.2 Å². The van der Waals surface area contributed by atoms with Crippen LogP contribution in [0.15, 0.2) is 15.7 Å². The Morgan fingerprint density at radius 3 is 2.43 bits per heavy atom. The van der Waals surface area contributed by atoms with Crippen LogP contribution in [0.3, 0.4) is 0 Å². The van der Waals surface area contributed by atoms with Gasteiger partial charge in [-0.15, -0.1) is 0 Å². The molecule has 0 saturated heterocycles. The molecule has 0 spiro atoms. The highest BCUT2D eigenvalue weighted by Gasteiger charge is 2.18. The van der Waals surface area contributed by atoms with Gasteiger partial charge in [-0.05, 0) is 26.8 Å². The third kappa shape index (κ3) is 2.46. The average molecular weight is 291 g/mol. The SMILES string of the molecule is Cc1nc2c(cc1C(=O)OC(C)C)c(=O)n(C)c(=O)n2C. The first-order valence-electron chi connectivity index (χ1n) is 6.52. The minimum absolute atomic E-state index is 0.209. The molecule has 0 fully saturated rings. The molecule has 0 bridgehead atoms. The van der Waals surface area contributed by atoms with Gasteiger partial charge in [0, 0.05) is 14.1 Å². The van der Waals surface area contributed by atoms with Crippen molar-refractivity contribution in [1.82, 2.24) is 14.1 Å². The van der Waals surface area contributed by atoms with Crippen molar-refractivity contribution in [3.05, 3.63) is 38.2 Å². The molecule has 0 aliphatic rings. The first-order chi connectivity index (χ1) is 9.73. The Balaban J connectivity index is 2.80. The summed E-state index contributed by atoms with van der Waals surface area (Å²) in [5.41, 5.74) is -0.0545. The third-order valence-corrected chi connectivity index (χ3v) is 3.18. The summed E-state index contributed by atoms with van der Waals surface area (Å²) < 4.78 is 7.40. The number of fused-ring (bicyclic) bond motifs is 1. The summed E-state index contributed by atoms with van der Waals surface area (Å²) in [4.78, 5) is 40.3. The number of hydrogen-bond donors (Lipinski definition) is 0. The smallest absolute Gasteiger partial charge is 0.340 e. The normalized spacial score (nSPS) is 11.1. The molecule has 0 aliphatic carbocycles. The van der Waals surface area contributed by atoms with Gasteiger partial charge >= 0.3 is 11.7 Å². The minimum Gasteiger partial charge on any atom is -0.459 e. The fraction of sp³-hybridized carbons (Fsp3) is 0.429. The molecule has 21 heavy (non-hydrogen) atoms. The second-order valence-corrected chi connectivity index (χ2v) is 5.15. The number of ether oxygens (including phenoxy) is 1. The quantitative estimate of drug-likeness (QED) is 0.753. The van der Waals surface area contributed by atoms with E-state index in [0.717, 1.165) is 4.57 Å². The molecule has 7 heteroatoms. The van der Waals surface area contributed by atoms with Crippen molar-refractivity contribution in [2.24, 2.45) is 14.1 Å². The molecular weight excluding hydrogens is 274 g/mol. The van der Waals surface area contributed by atoms with Gasteiger partial charge in [0.05, 0.1) is 22.7 Å². The lowest BCUT2D eigenvalue weighted by atomic mass is 10.1. The van der Waals surface area contributed by atoms with Crippen LogP contribution in [0.25, 0.3) is 11.0 Å². The topological polar surface area (TPSA) is 83.2 Å². The highest BCUT2D eigenvalue weighted by atomic mass is 16.5. The van der Waals surface area contributed by atoms with Crippen molar-refractivity contribution < 1.29 is 9.53 Å². The average Bonchev–Trinajstić information content (AvgIpc) is 2.41. The summed E-state index contributed by atoms with van der Waals surface area (Å²) in [5, 5.41) is 0.209. The van der Waals surface area contributed by atoms with E-state index in [9.17, 15) is 14.4 Å². The molecular formula is C14H17N3O4. The summed E-state index contributed by atoms with van der Waals surface area (Å²) in [6, 6.07) is 1.43. The number of rotatable bonds is 2. The highest BCUT2D eigenvalue weighted by molar-refractivity contribution is 5.94. The minimum atomic E-state index is -0.534. The molecule has 2 heterocycles. The summed E-state index contributed by atoms with van der Waals surface area (Å²) in [7, 11) is 2.92. The highest BCUT2D eigenvalue weighted by Crippen LogP contribution is 2.14. The van der Waals surface area contributed by atoms with Crippen LogP contribution in [0.1, 0.15) is 29.9 Å². The van der Waals surface area contributed by atoms with E-state index in [-0.39, 0.29) is 22.7 Å². The Morgan fingerprint density at radius 1 is 1.24 bits per heavy atom. The van der Waals surface area contributed by atoms with Crippen LogP contribution >= 0.6 is 0 Å². The van der Waals surface area contributed by atoms with Gasteiger partial charge in [0.15, 0.2) is 0 Å². The molecule has 2 aromatic rings. The maximum Gasteiger partial charge on any atom is 0.340 e. The van der Waals surface area contributed by atoms with Gasteiger partial charge in [-0.2, -0.15) is 0 Å². The van der Waals surface area contributed by atoms with Gasteiger partial charge in [0.1, 0.15) is 5.65 Å². The van der Waals surface area contributed by atoms with Gasteiger partial charge in [-0.25, -0.2) is 14.6 Å². The van der Waals surface area contributed by atoms with Gasteiger partial charge < -0.3 is 4.74 Å². The molecule has 0 N–H and O–H groups in total. The van der Waals surface area contributed by atoms with E-state index in [0.29, 0.717) is 5.69 Å². The van der Waals surface area contributed by atoms with Crippen LogP contribution in [-0.2, 0) is 18.8 Å². The number of nitrogens with zero attached hydrogens (tertiary/aromatic N) is 3. The molecule has 2 rings (SSSR count). The van der Waals surface area contributed by atoms with Crippen LogP contribution in [0.2, 0.25) is 0 Å². The molecule has 112 valence electrons. The lowest BCUT2D eigenvalue weighted by Gasteiger charge is -2.12. The Morgan fingerprint density at radius 2 is 1.86 bits per heavy atom. The van der Waals surface area contributed by atoms with E-state index in [2.05, 4.69) is 4.98 Å². The predicted octanol–water partition coefficient (Wildman–Crippen LogP) is 0.506. The number of esters is 1. The van der Waals surface area contributed by atoms with Gasteiger partial charge in [0.2, 0.25) is 0 Å². The fourth-order valence-corrected chi connectivity index (χ4v) is 2.07. The van der Waals surface area contributed by atoms with Crippen molar-refractivity contribution in [2.45, 2.75) is 26.9 Å². The van der Waals surface area contributed by atoms with E-state index in [1.54, 1.807) is 20.8 Å². The largest absolute Gasteiger partial charge is 0.459 e. The van der Waals surface area contributed by atoms with Gasteiger partial charge in [0.25, 0.3) is 5.56 Å². The van der Waals surface area contributed by atoms with Crippen LogP contribution in [-0.4, -0.2) is 26.2 Å². The Labute approximate surface area is 120 Å². The van der Waals surface area contributed by atoms with Crippen LogP contribution < -0.4 is 11.2 Å². The number of hydrogen-bond acceptors (Lipinski definition) is 5. The predicted molar refractivity (Wildman–Crippen MR) is 77.5 cm³/mol. The zero-order chi connectivity index (χ0) is 15.9. The third-order valence-electron chi connectivity index (χ3n) is 3.18. The standard InChI is InChI=1S/C14H17N3O4/c1-7(2)21-13(19)9-6-10-11(15-8(9)3)16(4)14(20)17(5)12(10)18/h6-7H,1-5H3. The number of carbonyl (C=O) groups is 1. The molecule has 0 aromatic carbocycles. The zero-order valence-electron chi connectivity index (χ0n) is 12.6. The lowest BCUT2D eigenvalue weighted by molar-refractivity contribution is 0.0376. The van der Waals surface area contributed by atoms with Crippen molar-refractivity contribution in [3.63, 3.8) is 0 Å². The second-order valence-electron chi connectivity index (χ2n) is 5.15. The maximum absolute atomic E-state index is 12.2. The van der Waals surface area contributed by atoms with E-state index >= 15 is 0 Å².